The first-order valence-electron chi connectivity index (χ1n) is 6.43. The van der Waals surface area contributed by atoms with Crippen LogP contribution in [0.3, 0.4) is 0 Å². The highest BCUT2D eigenvalue weighted by atomic mass is 32.2. The van der Waals surface area contributed by atoms with Crippen LogP contribution >= 0.6 is 0 Å². The summed E-state index contributed by atoms with van der Waals surface area (Å²) in [5.41, 5.74) is 0. The van der Waals surface area contributed by atoms with Crippen molar-refractivity contribution in [2.24, 2.45) is 0 Å². The standard InChI is InChI=1S/C14H18O6S/c1-3-19-14(16)9-4-11(15)10-20-12-5-7-13(8-6-12)21(2,17)18/h5-8H,3-4,9-10H2,1-2H3. The Morgan fingerprint density at radius 1 is 1.10 bits per heavy atom. The zero-order chi connectivity index (χ0) is 15.9. The molecule has 7 heteroatoms. The van der Waals surface area contributed by atoms with Crippen LogP contribution in [-0.4, -0.2) is 39.6 Å². The highest BCUT2D eigenvalue weighted by molar-refractivity contribution is 7.90. The van der Waals surface area contributed by atoms with E-state index in [9.17, 15) is 18.0 Å². The van der Waals surface area contributed by atoms with Crippen LogP contribution in [0.5, 0.6) is 5.75 Å². The molecule has 116 valence electrons. The number of esters is 1. The fourth-order valence-electron chi connectivity index (χ4n) is 1.49. The first-order valence-corrected chi connectivity index (χ1v) is 8.32. The van der Waals surface area contributed by atoms with E-state index in [1.165, 1.54) is 24.3 Å². The summed E-state index contributed by atoms with van der Waals surface area (Å²) in [6, 6.07) is 5.78. The Morgan fingerprint density at radius 2 is 1.71 bits per heavy atom. The molecule has 0 aliphatic rings. The van der Waals surface area contributed by atoms with E-state index in [2.05, 4.69) is 0 Å². The minimum atomic E-state index is -3.25. The normalized spacial score (nSPS) is 11.0. The van der Waals surface area contributed by atoms with Gasteiger partial charge in [0.2, 0.25) is 0 Å². The quantitative estimate of drug-likeness (QED) is 0.674. The molecule has 0 amide bonds. The smallest absolute Gasteiger partial charge is 0.306 e. The fraction of sp³-hybridized carbons (Fsp3) is 0.429. The summed E-state index contributed by atoms with van der Waals surface area (Å²) >= 11 is 0. The van der Waals surface area contributed by atoms with Gasteiger partial charge in [-0.15, -0.1) is 0 Å². The van der Waals surface area contributed by atoms with Crippen LogP contribution in [0, 0.1) is 0 Å². The van der Waals surface area contributed by atoms with Crippen molar-refractivity contribution >= 4 is 21.6 Å². The molecule has 0 bridgehead atoms. The molecular weight excluding hydrogens is 296 g/mol. The van der Waals surface area contributed by atoms with Gasteiger partial charge in [0, 0.05) is 12.7 Å². The molecule has 1 aromatic rings. The van der Waals surface area contributed by atoms with Gasteiger partial charge in [-0.25, -0.2) is 8.42 Å². The largest absolute Gasteiger partial charge is 0.486 e. The molecule has 0 atom stereocenters. The number of carbonyl (C=O) groups is 2. The van der Waals surface area contributed by atoms with Crippen LogP contribution < -0.4 is 4.74 Å². The van der Waals surface area contributed by atoms with Crippen LogP contribution in [0.1, 0.15) is 19.8 Å². The average molecular weight is 314 g/mol. The zero-order valence-corrected chi connectivity index (χ0v) is 12.8. The third-order valence-electron chi connectivity index (χ3n) is 2.56. The van der Waals surface area contributed by atoms with Crippen molar-refractivity contribution in [1.82, 2.24) is 0 Å². The lowest BCUT2D eigenvalue weighted by Crippen LogP contribution is -2.14. The second kappa shape index (κ2) is 7.78. The summed E-state index contributed by atoms with van der Waals surface area (Å²) in [4.78, 5) is 22.8. The predicted molar refractivity (Wildman–Crippen MR) is 75.9 cm³/mol. The van der Waals surface area contributed by atoms with Crippen LogP contribution in [0.25, 0.3) is 0 Å². The molecule has 0 fully saturated rings. The van der Waals surface area contributed by atoms with Crippen LogP contribution in [-0.2, 0) is 24.2 Å². The van der Waals surface area contributed by atoms with Gasteiger partial charge in [0.15, 0.2) is 15.6 Å². The van der Waals surface area contributed by atoms with Crippen molar-refractivity contribution in [1.29, 1.82) is 0 Å². The monoisotopic (exact) mass is 314 g/mol. The lowest BCUT2D eigenvalue weighted by Gasteiger charge is -2.06. The molecule has 0 radical (unpaired) electrons. The van der Waals surface area contributed by atoms with Crippen molar-refractivity contribution < 1.29 is 27.5 Å². The molecule has 0 spiro atoms. The number of sulfone groups is 1. The van der Waals surface area contributed by atoms with Gasteiger partial charge in [-0.2, -0.15) is 0 Å². The number of benzene rings is 1. The number of rotatable bonds is 8. The molecule has 0 aliphatic heterocycles. The maximum atomic E-state index is 11.5. The average Bonchev–Trinajstić information content (AvgIpc) is 2.43. The first kappa shape index (κ1) is 17.2. The van der Waals surface area contributed by atoms with Gasteiger partial charge in [0.05, 0.1) is 17.9 Å². The molecule has 1 aromatic carbocycles. The second-order valence-corrected chi connectivity index (χ2v) is 6.39. The summed E-state index contributed by atoms with van der Waals surface area (Å²) in [6.07, 6.45) is 1.20. The third kappa shape index (κ3) is 6.40. The summed E-state index contributed by atoms with van der Waals surface area (Å²) in [6.45, 7) is 1.82. The van der Waals surface area contributed by atoms with Crippen LogP contribution in [0.2, 0.25) is 0 Å². The van der Waals surface area contributed by atoms with Crippen molar-refractivity contribution in [3.63, 3.8) is 0 Å². The van der Waals surface area contributed by atoms with Crippen molar-refractivity contribution in [3.05, 3.63) is 24.3 Å². The molecule has 1 rings (SSSR count). The Kier molecular flexibility index (Phi) is 6.36. The van der Waals surface area contributed by atoms with Gasteiger partial charge in [-0.1, -0.05) is 0 Å². The topological polar surface area (TPSA) is 86.7 Å². The highest BCUT2D eigenvalue weighted by Crippen LogP contribution is 2.15. The van der Waals surface area contributed by atoms with Crippen molar-refractivity contribution in [2.45, 2.75) is 24.7 Å². The minimum Gasteiger partial charge on any atom is -0.486 e. The molecular formula is C14H18O6S. The maximum absolute atomic E-state index is 11.5. The van der Waals surface area contributed by atoms with Crippen molar-refractivity contribution in [3.8, 4) is 5.75 Å². The molecule has 0 unspecified atom stereocenters. The van der Waals surface area contributed by atoms with Crippen LogP contribution in [0.4, 0.5) is 0 Å². The van der Waals surface area contributed by atoms with Crippen LogP contribution in [0.15, 0.2) is 29.2 Å². The summed E-state index contributed by atoms with van der Waals surface area (Å²) in [7, 11) is -3.25. The molecule has 0 N–H and O–H groups in total. The van der Waals surface area contributed by atoms with E-state index in [4.69, 9.17) is 9.47 Å². The third-order valence-corrected chi connectivity index (χ3v) is 3.69. The number of ketones is 1. The molecule has 6 nitrogen and oxygen atoms in total. The maximum Gasteiger partial charge on any atom is 0.306 e. The van der Waals surface area contributed by atoms with Gasteiger partial charge >= 0.3 is 5.97 Å². The second-order valence-electron chi connectivity index (χ2n) is 4.38. The summed E-state index contributed by atoms with van der Waals surface area (Å²) in [5, 5.41) is 0. The van der Waals surface area contributed by atoms with Gasteiger partial charge < -0.3 is 9.47 Å². The summed E-state index contributed by atoms with van der Waals surface area (Å²) in [5.74, 6) is -0.245. The number of Topliss-reactive ketones (excluding diaryl/α,β-unsaturated/α-hetero) is 1. The molecule has 0 aromatic heterocycles. The molecule has 0 aliphatic carbocycles. The molecule has 0 heterocycles. The van der Waals surface area contributed by atoms with E-state index in [0.717, 1.165) is 6.26 Å². The van der Waals surface area contributed by atoms with E-state index in [0.29, 0.717) is 5.75 Å². The summed E-state index contributed by atoms with van der Waals surface area (Å²) < 4.78 is 32.5. The number of hydrogen-bond acceptors (Lipinski definition) is 6. The lowest BCUT2D eigenvalue weighted by molar-refractivity contribution is -0.144. The van der Waals surface area contributed by atoms with Gasteiger partial charge in [-0.05, 0) is 31.2 Å². The Morgan fingerprint density at radius 3 is 2.24 bits per heavy atom. The van der Waals surface area contributed by atoms with Gasteiger partial charge in [-0.3, -0.25) is 9.59 Å². The van der Waals surface area contributed by atoms with E-state index in [-0.39, 0.29) is 36.7 Å². The minimum absolute atomic E-state index is 0.0308. The van der Waals surface area contributed by atoms with E-state index in [1.807, 2.05) is 0 Å². The Labute approximate surface area is 124 Å². The highest BCUT2D eigenvalue weighted by Gasteiger charge is 2.09. The molecule has 0 saturated carbocycles. The lowest BCUT2D eigenvalue weighted by atomic mass is 10.2. The molecule has 21 heavy (non-hydrogen) atoms. The van der Waals surface area contributed by atoms with E-state index >= 15 is 0 Å². The number of carbonyl (C=O) groups excluding carboxylic acids is 2. The number of ether oxygens (including phenoxy) is 2. The predicted octanol–water partition coefficient (Wildman–Crippen LogP) is 1.38. The fourth-order valence-corrected chi connectivity index (χ4v) is 2.12. The first-order chi connectivity index (χ1) is 9.82. The van der Waals surface area contributed by atoms with E-state index in [1.54, 1.807) is 6.92 Å². The Bertz CT molecular complexity index is 588. The SMILES string of the molecule is CCOC(=O)CCC(=O)COc1ccc(S(C)(=O)=O)cc1. The Balaban J connectivity index is 2.41. The zero-order valence-electron chi connectivity index (χ0n) is 12.0. The molecule has 0 saturated heterocycles. The van der Waals surface area contributed by atoms with Gasteiger partial charge in [0.25, 0.3) is 0 Å². The Hall–Kier alpha value is -1.89. The number of hydrogen-bond donors (Lipinski definition) is 0. The van der Waals surface area contributed by atoms with E-state index < -0.39 is 15.8 Å². The van der Waals surface area contributed by atoms with Gasteiger partial charge in [0.1, 0.15) is 12.4 Å². The van der Waals surface area contributed by atoms with Crippen molar-refractivity contribution in [2.75, 3.05) is 19.5 Å².